The number of nitrogens with zero attached hydrogens (tertiary/aromatic N) is 2. The molecule has 2 aromatic rings. The lowest BCUT2D eigenvalue weighted by Gasteiger charge is -2.12. The van der Waals surface area contributed by atoms with Crippen LogP contribution < -0.4 is 10.5 Å². The smallest absolute Gasteiger partial charge is 0.150 e. The summed E-state index contributed by atoms with van der Waals surface area (Å²) in [6.45, 7) is 5.56. The van der Waals surface area contributed by atoms with E-state index in [4.69, 9.17) is 10.5 Å². The van der Waals surface area contributed by atoms with E-state index in [0.29, 0.717) is 28.4 Å². The zero-order chi connectivity index (χ0) is 14.0. The number of hydrogen-bond donors (Lipinski definition) is 1. The van der Waals surface area contributed by atoms with Crippen molar-refractivity contribution >= 4 is 5.69 Å². The number of ether oxygens (including phenoxy) is 1. The molecule has 0 unspecified atom stereocenters. The molecule has 1 aromatic heterocycles. The standard InChI is InChI=1S/C15H15N3O/c1-9-5-4-6-13(15(9)17)19-14-7-10(2)18-11(3)12(14)8-16/h4-7H,17H2,1-3H3. The number of pyridine rings is 1. The minimum Gasteiger partial charge on any atom is -0.454 e. The predicted octanol–water partition coefficient (Wildman–Crippen LogP) is 3.25. The maximum atomic E-state index is 9.19. The number of para-hydroxylation sites is 1. The van der Waals surface area contributed by atoms with E-state index in [-0.39, 0.29) is 0 Å². The summed E-state index contributed by atoms with van der Waals surface area (Å²) in [6, 6.07) is 9.43. The van der Waals surface area contributed by atoms with Gasteiger partial charge in [-0.15, -0.1) is 0 Å². The molecule has 0 aliphatic heterocycles. The van der Waals surface area contributed by atoms with E-state index < -0.39 is 0 Å². The molecule has 0 saturated heterocycles. The monoisotopic (exact) mass is 253 g/mol. The molecule has 0 spiro atoms. The van der Waals surface area contributed by atoms with E-state index in [1.807, 2.05) is 26.0 Å². The van der Waals surface area contributed by atoms with Crippen LogP contribution in [-0.4, -0.2) is 4.98 Å². The molecule has 0 fully saturated rings. The molecule has 0 bridgehead atoms. The lowest BCUT2D eigenvalue weighted by atomic mass is 10.1. The summed E-state index contributed by atoms with van der Waals surface area (Å²) in [5.41, 5.74) is 9.40. The van der Waals surface area contributed by atoms with Crippen molar-refractivity contribution in [1.82, 2.24) is 4.98 Å². The Morgan fingerprint density at radius 3 is 2.63 bits per heavy atom. The van der Waals surface area contributed by atoms with E-state index in [9.17, 15) is 5.26 Å². The molecule has 1 aromatic carbocycles. The first-order valence-corrected chi connectivity index (χ1v) is 5.94. The average Bonchev–Trinajstić information content (AvgIpc) is 2.34. The van der Waals surface area contributed by atoms with Crippen LogP contribution >= 0.6 is 0 Å². The zero-order valence-electron chi connectivity index (χ0n) is 11.2. The molecule has 1 heterocycles. The Morgan fingerprint density at radius 2 is 1.95 bits per heavy atom. The van der Waals surface area contributed by atoms with Crippen LogP contribution in [-0.2, 0) is 0 Å². The largest absolute Gasteiger partial charge is 0.454 e. The van der Waals surface area contributed by atoms with Gasteiger partial charge in [0.05, 0.1) is 11.4 Å². The number of nitrogens with two attached hydrogens (primary N) is 1. The first kappa shape index (κ1) is 12.9. The van der Waals surface area contributed by atoms with Gasteiger partial charge in [-0.25, -0.2) is 0 Å². The van der Waals surface area contributed by atoms with Crippen LogP contribution in [0.3, 0.4) is 0 Å². The second-order valence-electron chi connectivity index (χ2n) is 4.42. The Labute approximate surface area is 112 Å². The first-order valence-electron chi connectivity index (χ1n) is 5.94. The Morgan fingerprint density at radius 1 is 1.21 bits per heavy atom. The van der Waals surface area contributed by atoms with Gasteiger partial charge in [0.25, 0.3) is 0 Å². The van der Waals surface area contributed by atoms with Gasteiger partial charge < -0.3 is 10.5 Å². The second kappa shape index (κ2) is 4.99. The van der Waals surface area contributed by atoms with Crippen molar-refractivity contribution in [1.29, 1.82) is 5.26 Å². The molecule has 19 heavy (non-hydrogen) atoms. The van der Waals surface area contributed by atoms with Crippen molar-refractivity contribution in [3.63, 3.8) is 0 Å². The summed E-state index contributed by atoms with van der Waals surface area (Å²) >= 11 is 0. The van der Waals surface area contributed by atoms with Crippen molar-refractivity contribution in [3.8, 4) is 17.6 Å². The van der Waals surface area contributed by atoms with Crippen LogP contribution in [0.2, 0.25) is 0 Å². The Bertz CT molecular complexity index is 672. The van der Waals surface area contributed by atoms with Gasteiger partial charge in [0.15, 0.2) is 5.75 Å². The summed E-state index contributed by atoms with van der Waals surface area (Å²) in [5, 5.41) is 9.19. The quantitative estimate of drug-likeness (QED) is 0.834. The zero-order valence-corrected chi connectivity index (χ0v) is 11.2. The van der Waals surface area contributed by atoms with E-state index in [1.54, 1.807) is 19.1 Å². The third-order valence-electron chi connectivity index (χ3n) is 2.91. The molecular weight excluding hydrogens is 238 g/mol. The lowest BCUT2D eigenvalue weighted by Crippen LogP contribution is -1.99. The molecule has 0 aliphatic rings. The normalized spacial score (nSPS) is 10.0. The molecule has 0 radical (unpaired) electrons. The number of rotatable bonds is 2. The van der Waals surface area contributed by atoms with Gasteiger partial charge in [-0.05, 0) is 32.4 Å². The van der Waals surface area contributed by atoms with Crippen molar-refractivity contribution in [2.24, 2.45) is 0 Å². The summed E-state index contributed by atoms with van der Waals surface area (Å²) in [6.07, 6.45) is 0. The van der Waals surface area contributed by atoms with Gasteiger partial charge in [-0.3, -0.25) is 4.98 Å². The van der Waals surface area contributed by atoms with Gasteiger partial charge in [-0.1, -0.05) is 12.1 Å². The molecule has 2 N–H and O–H groups in total. The lowest BCUT2D eigenvalue weighted by molar-refractivity contribution is 0.481. The topological polar surface area (TPSA) is 71.9 Å². The highest BCUT2D eigenvalue weighted by Crippen LogP contribution is 2.32. The Kier molecular flexibility index (Phi) is 3.39. The van der Waals surface area contributed by atoms with Gasteiger partial charge >= 0.3 is 0 Å². The number of anilines is 1. The fourth-order valence-electron chi connectivity index (χ4n) is 1.87. The third-order valence-corrected chi connectivity index (χ3v) is 2.91. The summed E-state index contributed by atoms with van der Waals surface area (Å²) in [7, 11) is 0. The molecule has 4 heteroatoms. The summed E-state index contributed by atoms with van der Waals surface area (Å²) < 4.78 is 5.79. The van der Waals surface area contributed by atoms with Crippen molar-refractivity contribution in [2.75, 3.05) is 5.73 Å². The van der Waals surface area contributed by atoms with Crippen LogP contribution in [0.25, 0.3) is 0 Å². The molecule has 0 atom stereocenters. The van der Waals surface area contributed by atoms with Crippen LogP contribution in [0.1, 0.15) is 22.5 Å². The Balaban J connectivity index is 2.50. The molecule has 96 valence electrons. The summed E-state index contributed by atoms with van der Waals surface area (Å²) in [5.74, 6) is 1.05. The number of benzene rings is 1. The van der Waals surface area contributed by atoms with Crippen molar-refractivity contribution in [2.45, 2.75) is 20.8 Å². The van der Waals surface area contributed by atoms with Crippen LogP contribution in [0.15, 0.2) is 24.3 Å². The van der Waals surface area contributed by atoms with E-state index in [1.165, 1.54) is 0 Å². The van der Waals surface area contributed by atoms with Gasteiger partial charge in [0, 0.05) is 11.8 Å². The first-order chi connectivity index (χ1) is 9.02. The minimum atomic E-state index is 0.437. The van der Waals surface area contributed by atoms with E-state index in [2.05, 4.69) is 11.1 Å². The van der Waals surface area contributed by atoms with Crippen molar-refractivity contribution < 1.29 is 4.74 Å². The molecule has 2 rings (SSSR count). The van der Waals surface area contributed by atoms with Crippen LogP contribution in [0, 0.1) is 32.1 Å². The number of nitrogen functional groups attached to an aromatic ring is 1. The van der Waals surface area contributed by atoms with Gasteiger partial charge in [0.1, 0.15) is 17.4 Å². The number of aromatic nitrogens is 1. The average molecular weight is 253 g/mol. The van der Waals surface area contributed by atoms with Gasteiger partial charge in [-0.2, -0.15) is 5.26 Å². The van der Waals surface area contributed by atoms with Crippen molar-refractivity contribution in [3.05, 3.63) is 46.8 Å². The maximum absolute atomic E-state index is 9.19. The molecular formula is C15H15N3O. The summed E-state index contributed by atoms with van der Waals surface area (Å²) in [4.78, 5) is 4.25. The van der Waals surface area contributed by atoms with E-state index >= 15 is 0 Å². The van der Waals surface area contributed by atoms with Crippen LogP contribution in [0.4, 0.5) is 5.69 Å². The SMILES string of the molecule is Cc1cc(Oc2cccc(C)c2N)c(C#N)c(C)n1. The molecule has 0 aliphatic carbocycles. The highest BCUT2D eigenvalue weighted by atomic mass is 16.5. The molecule has 4 nitrogen and oxygen atoms in total. The Hall–Kier alpha value is -2.54. The number of nitriles is 1. The highest BCUT2D eigenvalue weighted by Gasteiger charge is 2.12. The molecule has 0 amide bonds. The fraction of sp³-hybridized carbons (Fsp3) is 0.200. The van der Waals surface area contributed by atoms with Gasteiger partial charge in [0.2, 0.25) is 0 Å². The molecule has 0 saturated carbocycles. The fourth-order valence-corrected chi connectivity index (χ4v) is 1.87. The van der Waals surface area contributed by atoms with E-state index in [0.717, 1.165) is 11.3 Å². The maximum Gasteiger partial charge on any atom is 0.150 e. The van der Waals surface area contributed by atoms with Crippen LogP contribution in [0.5, 0.6) is 11.5 Å². The third kappa shape index (κ3) is 2.50. The number of aryl methyl sites for hydroxylation is 3. The number of hydrogen-bond acceptors (Lipinski definition) is 4. The minimum absolute atomic E-state index is 0.437. The second-order valence-corrected chi connectivity index (χ2v) is 4.42. The predicted molar refractivity (Wildman–Crippen MR) is 74.1 cm³/mol. The highest BCUT2D eigenvalue weighted by molar-refractivity contribution is 5.60.